The van der Waals surface area contributed by atoms with E-state index in [9.17, 15) is 0 Å². The van der Waals surface area contributed by atoms with Crippen molar-refractivity contribution in [2.24, 2.45) is 0 Å². The normalized spacial score (nSPS) is 9.25. The summed E-state index contributed by atoms with van der Waals surface area (Å²) < 4.78 is 0. The number of rotatable bonds is 1. The van der Waals surface area contributed by atoms with Crippen LogP contribution < -0.4 is 5.59 Å². The van der Waals surface area contributed by atoms with Gasteiger partial charge in [-0.05, 0) is 0 Å². The monoisotopic (exact) mass is 129 g/mol. The van der Waals surface area contributed by atoms with Crippen molar-refractivity contribution in [2.45, 2.75) is 0 Å². The van der Waals surface area contributed by atoms with Crippen LogP contribution in [0.3, 0.4) is 0 Å². The number of thiazole rings is 1. The zero-order valence-corrected chi connectivity index (χ0v) is 4.80. The van der Waals surface area contributed by atoms with E-state index in [1.807, 2.05) is 0 Å². The van der Waals surface area contributed by atoms with Crippen LogP contribution in [0.2, 0.25) is 0 Å². The Morgan fingerprint density at radius 3 is 2.62 bits per heavy atom. The van der Waals surface area contributed by atoms with Crippen LogP contribution in [-0.4, -0.2) is 22.2 Å². The lowest BCUT2D eigenvalue weighted by atomic mass is 9.88. The summed E-state index contributed by atoms with van der Waals surface area (Å²) in [5.74, 6) is 0. The topological polar surface area (TPSA) is 53.4 Å². The van der Waals surface area contributed by atoms with Gasteiger partial charge >= 0.3 is 7.12 Å². The number of aromatic nitrogens is 1. The van der Waals surface area contributed by atoms with Gasteiger partial charge in [0.25, 0.3) is 0 Å². The maximum atomic E-state index is 8.41. The Hall–Kier alpha value is -0.385. The van der Waals surface area contributed by atoms with Crippen molar-refractivity contribution in [3.05, 3.63) is 10.9 Å². The molecule has 1 aromatic heterocycles. The molecule has 0 aliphatic rings. The van der Waals surface area contributed by atoms with Gasteiger partial charge < -0.3 is 10.0 Å². The molecule has 5 heteroatoms. The maximum Gasteiger partial charge on any atom is 0.509 e. The summed E-state index contributed by atoms with van der Waals surface area (Å²) in [6, 6.07) is 0. The molecule has 0 saturated carbocycles. The van der Waals surface area contributed by atoms with Crippen molar-refractivity contribution < 1.29 is 10.0 Å². The minimum atomic E-state index is -1.42. The molecule has 2 N–H and O–H groups in total. The van der Waals surface area contributed by atoms with Gasteiger partial charge in [0.05, 0.1) is 11.1 Å². The standard InChI is InChI=1S/C3H4BNO2S/c6-4(7)3-1-8-2-5-3/h1-2,6-7H. The summed E-state index contributed by atoms with van der Waals surface area (Å²) in [4.78, 5) is 3.63. The molecule has 0 aromatic carbocycles. The quantitative estimate of drug-likeness (QED) is 0.469. The fourth-order valence-electron chi connectivity index (χ4n) is 0.349. The molecule has 0 spiro atoms. The van der Waals surface area contributed by atoms with Crippen molar-refractivity contribution in [2.75, 3.05) is 0 Å². The number of nitrogens with zero attached hydrogens (tertiary/aromatic N) is 1. The fourth-order valence-corrected chi connectivity index (χ4v) is 0.915. The van der Waals surface area contributed by atoms with Crippen molar-refractivity contribution in [1.29, 1.82) is 0 Å². The van der Waals surface area contributed by atoms with E-state index < -0.39 is 7.12 Å². The molecule has 0 bridgehead atoms. The first kappa shape index (κ1) is 5.75. The van der Waals surface area contributed by atoms with Gasteiger partial charge in [-0.15, -0.1) is 11.3 Å². The zero-order valence-electron chi connectivity index (χ0n) is 3.98. The van der Waals surface area contributed by atoms with Crippen LogP contribution in [0.5, 0.6) is 0 Å². The molecule has 42 valence electrons. The Labute approximate surface area is 50.8 Å². The number of hydrogen-bond donors (Lipinski definition) is 2. The Morgan fingerprint density at radius 2 is 2.38 bits per heavy atom. The van der Waals surface area contributed by atoms with Gasteiger partial charge in [-0.3, -0.25) is 4.98 Å². The summed E-state index contributed by atoms with van der Waals surface area (Å²) in [5, 5.41) is 18.4. The Bertz CT molecular complexity index is 152. The lowest BCUT2D eigenvalue weighted by Crippen LogP contribution is -2.30. The Morgan fingerprint density at radius 1 is 1.62 bits per heavy atom. The lowest BCUT2D eigenvalue weighted by Gasteiger charge is -1.85. The average Bonchev–Trinajstić information content (AvgIpc) is 2.12. The first-order valence-corrected chi connectivity index (χ1v) is 2.99. The third-order valence-corrected chi connectivity index (χ3v) is 1.32. The summed E-state index contributed by atoms with van der Waals surface area (Å²) >= 11 is 1.34. The van der Waals surface area contributed by atoms with Gasteiger partial charge in [0.15, 0.2) is 0 Å². The molecule has 1 rings (SSSR count). The molecule has 1 aromatic rings. The molecule has 0 unspecified atom stereocenters. The molecule has 3 nitrogen and oxygen atoms in total. The first-order chi connectivity index (χ1) is 3.80. The van der Waals surface area contributed by atoms with Gasteiger partial charge in [-0.1, -0.05) is 0 Å². The SMILES string of the molecule is OB(O)c1cscn1. The van der Waals surface area contributed by atoms with Crippen molar-refractivity contribution in [3.63, 3.8) is 0 Å². The van der Waals surface area contributed by atoms with E-state index in [1.54, 1.807) is 10.9 Å². The van der Waals surface area contributed by atoms with Crippen LogP contribution in [0.1, 0.15) is 0 Å². The van der Waals surface area contributed by atoms with Gasteiger partial charge in [-0.25, -0.2) is 0 Å². The van der Waals surface area contributed by atoms with Gasteiger partial charge in [0.2, 0.25) is 0 Å². The second-order valence-corrected chi connectivity index (χ2v) is 2.01. The Balaban J connectivity index is 2.77. The molecule has 8 heavy (non-hydrogen) atoms. The minimum Gasteiger partial charge on any atom is -0.422 e. The highest BCUT2D eigenvalue weighted by atomic mass is 32.1. The van der Waals surface area contributed by atoms with E-state index in [1.165, 1.54) is 11.3 Å². The van der Waals surface area contributed by atoms with E-state index in [0.29, 0.717) is 5.59 Å². The smallest absolute Gasteiger partial charge is 0.422 e. The lowest BCUT2D eigenvalue weighted by molar-refractivity contribution is 0.424. The van der Waals surface area contributed by atoms with Crippen molar-refractivity contribution >= 4 is 24.0 Å². The van der Waals surface area contributed by atoms with Crippen LogP contribution in [0.15, 0.2) is 10.9 Å². The summed E-state index contributed by atoms with van der Waals surface area (Å²) in [6.45, 7) is 0. The molecular formula is C3H4BNO2S. The predicted molar refractivity (Wildman–Crippen MR) is 31.9 cm³/mol. The highest BCUT2D eigenvalue weighted by molar-refractivity contribution is 7.08. The average molecular weight is 129 g/mol. The summed E-state index contributed by atoms with van der Waals surface area (Å²) in [7, 11) is -1.42. The fraction of sp³-hybridized carbons (Fsp3) is 0. The highest BCUT2D eigenvalue weighted by Gasteiger charge is 2.11. The minimum absolute atomic E-state index is 0.315. The summed E-state index contributed by atoms with van der Waals surface area (Å²) in [6.07, 6.45) is 0. The van der Waals surface area contributed by atoms with Gasteiger partial charge in [0, 0.05) is 5.38 Å². The molecule has 0 radical (unpaired) electrons. The van der Waals surface area contributed by atoms with E-state index in [2.05, 4.69) is 4.98 Å². The Kier molecular flexibility index (Phi) is 1.62. The molecule has 0 aliphatic heterocycles. The molecule has 0 fully saturated rings. The van der Waals surface area contributed by atoms with Gasteiger partial charge in [0.1, 0.15) is 0 Å². The highest BCUT2D eigenvalue weighted by Crippen LogP contribution is 1.86. The maximum absolute atomic E-state index is 8.41. The largest absolute Gasteiger partial charge is 0.509 e. The van der Waals surface area contributed by atoms with E-state index >= 15 is 0 Å². The number of hydrogen-bond acceptors (Lipinski definition) is 4. The molecule has 0 aliphatic carbocycles. The van der Waals surface area contributed by atoms with Crippen molar-refractivity contribution in [3.8, 4) is 0 Å². The third-order valence-electron chi connectivity index (χ3n) is 0.716. The molecule has 0 atom stereocenters. The van der Waals surface area contributed by atoms with E-state index in [-0.39, 0.29) is 0 Å². The molecule has 0 amide bonds. The van der Waals surface area contributed by atoms with Crippen LogP contribution in [-0.2, 0) is 0 Å². The van der Waals surface area contributed by atoms with E-state index in [0.717, 1.165) is 0 Å². The molecular weight excluding hydrogens is 125 g/mol. The van der Waals surface area contributed by atoms with Gasteiger partial charge in [-0.2, -0.15) is 0 Å². The van der Waals surface area contributed by atoms with Crippen LogP contribution in [0.4, 0.5) is 0 Å². The third kappa shape index (κ3) is 1.06. The summed E-state index contributed by atoms with van der Waals surface area (Å²) in [5.41, 5.74) is 1.87. The second-order valence-electron chi connectivity index (χ2n) is 1.29. The van der Waals surface area contributed by atoms with E-state index in [4.69, 9.17) is 10.0 Å². The molecule has 0 saturated heterocycles. The van der Waals surface area contributed by atoms with Crippen LogP contribution in [0, 0.1) is 0 Å². The zero-order chi connectivity index (χ0) is 5.98. The predicted octanol–water partition coefficient (Wildman–Crippen LogP) is -1.18. The van der Waals surface area contributed by atoms with Crippen LogP contribution in [0.25, 0.3) is 0 Å². The second kappa shape index (κ2) is 2.26. The molecule has 1 heterocycles. The first-order valence-electron chi connectivity index (χ1n) is 2.05. The van der Waals surface area contributed by atoms with Crippen molar-refractivity contribution in [1.82, 2.24) is 4.98 Å². The van der Waals surface area contributed by atoms with Crippen LogP contribution >= 0.6 is 11.3 Å².